The average molecular weight is 398 g/mol. The predicted molar refractivity (Wildman–Crippen MR) is 96.3 cm³/mol. The first-order chi connectivity index (χ1) is 11.1. The molecule has 0 saturated carbocycles. The number of halogens is 2. The average Bonchev–Trinajstić information content (AvgIpc) is 2.58. The van der Waals surface area contributed by atoms with Crippen molar-refractivity contribution in [3.05, 3.63) is 45.7 Å². The zero-order valence-corrected chi connectivity index (χ0v) is 15.2. The quantitative estimate of drug-likeness (QED) is 0.791. The highest BCUT2D eigenvalue weighted by atomic mass is 79.9. The molecule has 2 heterocycles. The van der Waals surface area contributed by atoms with Crippen molar-refractivity contribution >= 4 is 39.2 Å². The normalized spacial score (nSPS) is 14.8. The van der Waals surface area contributed by atoms with Gasteiger partial charge in [-0.2, -0.15) is 0 Å². The summed E-state index contributed by atoms with van der Waals surface area (Å²) in [5.74, 6) is 1.81. The van der Waals surface area contributed by atoms with Gasteiger partial charge in [-0.3, -0.25) is 0 Å². The summed E-state index contributed by atoms with van der Waals surface area (Å²) in [5, 5.41) is 0.744. The molecule has 0 aliphatic carbocycles. The summed E-state index contributed by atoms with van der Waals surface area (Å²) in [7, 11) is 2.00. The van der Waals surface area contributed by atoms with Gasteiger partial charge in [-0.05, 0) is 17.7 Å². The van der Waals surface area contributed by atoms with Gasteiger partial charge in [-0.1, -0.05) is 33.6 Å². The predicted octanol–water partition coefficient (Wildman–Crippen LogP) is 3.37. The number of hydrogen-bond acceptors (Lipinski definition) is 5. The Kier molecular flexibility index (Phi) is 5.35. The van der Waals surface area contributed by atoms with E-state index in [-0.39, 0.29) is 0 Å². The largest absolute Gasteiger partial charge is 0.378 e. The van der Waals surface area contributed by atoms with Crippen LogP contribution in [0.15, 0.2) is 35.1 Å². The van der Waals surface area contributed by atoms with Crippen molar-refractivity contribution in [1.29, 1.82) is 0 Å². The van der Waals surface area contributed by atoms with Crippen LogP contribution in [0.2, 0.25) is 5.02 Å². The number of aromatic nitrogens is 2. The Hall–Kier alpha value is -1.37. The lowest BCUT2D eigenvalue weighted by molar-refractivity contribution is 0.122. The van der Waals surface area contributed by atoms with Crippen LogP contribution in [0.4, 0.5) is 11.6 Å². The van der Waals surface area contributed by atoms with Crippen LogP contribution >= 0.6 is 27.5 Å². The second-order valence-electron chi connectivity index (χ2n) is 5.43. The lowest BCUT2D eigenvalue weighted by atomic mass is 10.2. The molecule has 7 heteroatoms. The van der Waals surface area contributed by atoms with Crippen molar-refractivity contribution in [2.75, 3.05) is 43.2 Å². The van der Waals surface area contributed by atoms with E-state index in [1.807, 2.05) is 31.3 Å². The molecule has 23 heavy (non-hydrogen) atoms. The standard InChI is InChI=1S/C16H18BrClN4O/c1-21(10-12-2-3-13(17)8-14(12)18)15-9-16(20-11-19-15)22-4-6-23-7-5-22/h2-3,8-9,11H,4-7,10H2,1H3. The first kappa shape index (κ1) is 16.5. The molecule has 1 aromatic heterocycles. The van der Waals surface area contributed by atoms with Gasteiger partial charge in [0.2, 0.25) is 0 Å². The molecule has 3 rings (SSSR count). The highest BCUT2D eigenvalue weighted by Crippen LogP contribution is 2.24. The maximum atomic E-state index is 6.30. The molecule has 1 aromatic carbocycles. The topological polar surface area (TPSA) is 41.5 Å². The van der Waals surface area contributed by atoms with Gasteiger partial charge >= 0.3 is 0 Å². The zero-order chi connectivity index (χ0) is 16.2. The second-order valence-corrected chi connectivity index (χ2v) is 6.75. The Morgan fingerprint density at radius 2 is 2.04 bits per heavy atom. The van der Waals surface area contributed by atoms with Crippen molar-refractivity contribution < 1.29 is 4.74 Å². The molecule has 2 aromatic rings. The maximum absolute atomic E-state index is 6.30. The third kappa shape index (κ3) is 4.13. The van der Waals surface area contributed by atoms with Crippen LogP contribution in [-0.4, -0.2) is 43.3 Å². The van der Waals surface area contributed by atoms with Crippen LogP contribution in [0.5, 0.6) is 0 Å². The third-order valence-corrected chi connectivity index (χ3v) is 4.63. The van der Waals surface area contributed by atoms with E-state index < -0.39 is 0 Å². The van der Waals surface area contributed by atoms with Crippen LogP contribution in [0.25, 0.3) is 0 Å². The summed E-state index contributed by atoms with van der Waals surface area (Å²) in [6, 6.07) is 7.93. The zero-order valence-electron chi connectivity index (χ0n) is 12.9. The molecule has 0 unspecified atom stereocenters. The van der Waals surface area contributed by atoms with Crippen LogP contribution in [-0.2, 0) is 11.3 Å². The minimum absolute atomic E-state index is 0.686. The molecule has 122 valence electrons. The van der Waals surface area contributed by atoms with E-state index in [2.05, 4.69) is 35.7 Å². The van der Waals surface area contributed by atoms with Gasteiger partial charge in [0.1, 0.15) is 18.0 Å². The van der Waals surface area contributed by atoms with E-state index in [9.17, 15) is 0 Å². The summed E-state index contributed by atoms with van der Waals surface area (Å²) in [6.45, 7) is 3.89. The molecule has 1 aliphatic rings. The minimum Gasteiger partial charge on any atom is -0.378 e. The number of nitrogens with zero attached hydrogens (tertiary/aromatic N) is 4. The molecule has 0 spiro atoms. The van der Waals surface area contributed by atoms with Gasteiger partial charge in [-0.15, -0.1) is 0 Å². The fraction of sp³-hybridized carbons (Fsp3) is 0.375. The summed E-state index contributed by atoms with van der Waals surface area (Å²) < 4.78 is 6.36. The number of rotatable bonds is 4. The maximum Gasteiger partial charge on any atom is 0.134 e. The molecule has 1 fully saturated rings. The molecule has 1 aliphatic heterocycles. The number of ether oxygens (including phenoxy) is 1. The van der Waals surface area contributed by atoms with Gasteiger partial charge in [-0.25, -0.2) is 9.97 Å². The van der Waals surface area contributed by atoms with Crippen LogP contribution in [0.3, 0.4) is 0 Å². The van der Waals surface area contributed by atoms with Crippen LogP contribution in [0.1, 0.15) is 5.56 Å². The number of benzene rings is 1. The summed E-state index contributed by atoms with van der Waals surface area (Å²) in [5.41, 5.74) is 1.06. The number of morpholine rings is 1. The fourth-order valence-corrected chi connectivity index (χ4v) is 3.23. The lowest BCUT2D eigenvalue weighted by Gasteiger charge is -2.28. The Labute approximate surface area is 149 Å². The highest BCUT2D eigenvalue weighted by molar-refractivity contribution is 9.10. The second kappa shape index (κ2) is 7.47. The molecular formula is C16H18BrClN4O. The smallest absolute Gasteiger partial charge is 0.134 e. The highest BCUT2D eigenvalue weighted by Gasteiger charge is 2.14. The number of hydrogen-bond donors (Lipinski definition) is 0. The summed E-state index contributed by atoms with van der Waals surface area (Å²) in [4.78, 5) is 13.1. The Bertz CT molecular complexity index is 679. The molecule has 0 radical (unpaired) electrons. The van der Waals surface area contributed by atoms with E-state index in [1.54, 1.807) is 6.33 Å². The SMILES string of the molecule is CN(Cc1ccc(Br)cc1Cl)c1cc(N2CCOCC2)ncn1. The molecule has 0 amide bonds. The fourth-order valence-electron chi connectivity index (χ4n) is 2.50. The van der Waals surface area contributed by atoms with Crippen molar-refractivity contribution in [2.24, 2.45) is 0 Å². The monoisotopic (exact) mass is 396 g/mol. The molecule has 0 N–H and O–H groups in total. The van der Waals surface area contributed by atoms with Crippen molar-refractivity contribution in [3.63, 3.8) is 0 Å². The molecule has 0 atom stereocenters. The van der Waals surface area contributed by atoms with E-state index in [4.69, 9.17) is 16.3 Å². The van der Waals surface area contributed by atoms with E-state index >= 15 is 0 Å². The van der Waals surface area contributed by atoms with Crippen LogP contribution in [0, 0.1) is 0 Å². The van der Waals surface area contributed by atoms with Gasteiger partial charge < -0.3 is 14.5 Å². The Morgan fingerprint density at radius 1 is 1.26 bits per heavy atom. The van der Waals surface area contributed by atoms with Gasteiger partial charge in [0.05, 0.1) is 13.2 Å². The molecule has 1 saturated heterocycles. The first-order valence-corrected chi connectivity index (χ1v) is 8.60. The third-order valence-electron chi connectivity index (χ3n) is 3.79. The summed E-state index contributed by atoms with van der Waals surface area (Å²) in [6.07, 6.45) is 1.61. The van der Waals surface area contributed by atoms with Crippen molar-refractivity contribution in [1.82, 2.24) is 9.97 Å². The molecular weight excluding hydrogens is 380 g/mol. The first-order valence-electron chi connectivity index (χ1n) is 7.43. The van der Waals surface area contributed by atoms with E-state index in [0.717, 1.165) is 53.0 Å². The van der Waals surface area contributed by atoms with Crippen molar-refractivity contribution in [3.8, 4) is 0 Å². The van der Waals surface area contributed by atoms with Gasteiger partial charge in [0.25, 0.3) is 0 Å². The Morgan fingerprint density at radius 3 is 2.78 bits per heavy atom. The van der Waals surface area contributed by atoms with Crippen LogP contribution < -0.4 is 9.80 Å². The van der Waals surface area contributed by atoms with Gasteiger partial charge in [0.15, 0.2) is 0 Å². The lowest BCUT2D eigenvalue weighted by Crippen LogP contribution is -2.36. The molecule has 0 bridgehead atoms. The molecule has 5 nitrogen and oxygen atoms in total. The number of anilines is 2. The van der Waals surface area contributed by atoms with Crippen molar-refractivity contribution in [2.45, 2.75) is 6.54 Å². The Balaban J connectivity index is 1.75. The minimum atomic E-state index is 0.686. The summed E-state index contributed by atoms with van der Waals surface area (Å²) >= 11 is 9.73. The van der Waals surface area contributed by atoms with Gasteiger partial charge in [0, 0.05) is 42.2 Å². The van der Waals surface area contributed by atoms with E-state index in [0.29, 0.717) is 6.54 Å². The van der Waals surface area contributed by atoms with E-state index in [1.165, 1.54) is 0 Å².